The highest BCUT2D eigenvalue weighted by molar-refractivity contribution is 5.95. The highest BCUT2D eigenvalue weighted by Crippen LogP contribution is 2.41. The van der Waals surface area contributed by atoms with Gasteiger partial charge in [0.15, 0.2) is 5.69 Å². The minimum absolute atomic E-state index is 0.183. The minimum Gasteiger partial charge on any atom is -0.479 e. The second-order valence-corrected chi connectivity index (χ2v) is 7.67. The van der Waals surface area contributed by atoms with Gasteiger partial charge in [-0.05, 0) is 12.8 Å². The summed E-state index contributed by atoms with van der Waals surface area (Å²) in [5.41, 5.74) is -0.243. The maximum atomic E-state index is 13.1. The molecule has 1 spiro atoms. The van der Waals surface area contributed by atoms with E-state index in [0.29, 0.717) is 19.5 Å². The molecule has 0 saturated carbocycles. The molecule has 3 fully saturated rings. The fourth-order valence-corrected chi connectivity index (χ4v) is 4.39. The Morgan fingerprint density at radius 3 is 2.68 bits per heavy atom. The van der Waals surface area contributed by atoms with Crippen LogP contribution in [0.5, 0.6) is 5.88 Å². The monoisotopic (exact) mass is 389 g/mol. The number of hydrogen-bond donors (Lipinski definition) is 0. The van der Waals surface area contributed by atoms with Crippen molar-refractivity contribution < 1.29 is 19.1 Å². The van der Waals surface area contributed by atoms with E-state index in [1.54, 1.807) is 4.90 Å². The summed E-state index contributed by atoms with van der Waals surface area (Å²) in [5.74, 6) is 0.182. The van der Waals surface area contributed by atoms with Gasteiger partial charge >= 0.3 is 0 Å². The second kappa shape index (κ2) is 8.00. The Labute approximate surface area is 164 Å². The van der Waals surface area contributed by atoms with Crippen LogP contribution in [0, 0.1) is 5.41 Å². The maximum Gasteiger partial charge on any atom is 0.278 e. The van der Waals surface area contributed by atoms with Gasteiger partial charge in [0.1, 0.15) is 0 Å². The lowest BCUT2D eigenvalue weighted by Crippen LogP contribution is -2.44. The number of rotatable bonds is 5. The van der Waals surface area contributed by atoms with Gasteiger partial charge in [-0.25, -0.2) is 9.97 Å². The predicted molar refractivity (Wildman–Crippen MR) is 100.0 cm³/mol. The number of carbonyl (C=O) groups is 2. The number of carbonyl (C=O) groups excluding carboxylic acids is 2. The highest BCUT2D eigenvalue weighted by atomic mass is 16.5. The van der Waals surface area contributed by atoms with Crippen molar-refractivity contribution in [2.45, 2.75) is 12.8 Å². The van der Waals surface area contributed by atoms with Gasteiger partial charge in [0.2, 0.25) is 11.8 Å². The average Bonchev–Trinajstić information content (AvgIpc) is 3.31. The van der Waals surface area contributed by atoms with Crippen LogP contribution in [0.2, 0.25) is 0 Å². The normalized spacial score (nSPS) is 25.7. The van der Waals surface area contributed by atoms with Gasteiger partial charge in [-0.15, -0.1) is 0 Å². The maximum absolute atomic E-state index is 13.1. The van der Waals surface area contributed by atoms with E-state index in [1.165, 1.54) is 19.5 Å². The van der Waals surface area contributed by atoms with E-state index >= 15 is 0 Å². The van der Waals surface area contributed by atoms with Gasteiger partial charge < -0.3 is 19.3 Å². The van der Waals surface area contributed by atoms with Gasteiger partial charge in [-0.3, -0.25) is 14.5 Å². The molecule has 1 aromatic heterocycles. The Kier molecular flexibility index (Phi) is 5.45. The van der Waals surface area contributed by atoms with E-state index < -0.39 is 5.41 Å². The number of amides is 2. The number of hydrogen-bond acceptors (Lipinski definition) is 7. The Morgan fingerprint density at radius 1 is 1.14 bits per heavy atom. The summed E-state index contributed by atoms with van der Waals surface area (Å²) in [5, 5.41) is 0. The molecule has 0 aliphatic carbocycles. The van der Waals surface area contributed by atoms with Crippen LogP contribution in [0.15, 0.2) is 12.4 Å². The molecule has 0 N–H and O–H groups in total. The van der Waals surface area contributed by atoms with Crippen molar-refractivity contribution in [3.8, 4) is 5.88 Å². The summed E-state index contributed by atoms with van der Waals surface area (Å²) in [7, 11) is 1.47. The summed E-state index contributed by atoms with van der Waals surface area (Å²) < 4.78 is 10.5. The number of likely N-dealkylation sites (tertiary alicyclic amines) is 2. The van der Waals surface area contributed by atoms with Crippen molar-refractivity contribution in [2.24, 2.45) is 5.41 Å². The molecule has 1 unspecified atom stereocenters. The average molecular weight is 389 g/mol. The molecule has 9 heteroatoms. The molecule has 3 aliphatic rings. The molecule has 4 heterocycles. The van der Waals surface area contributed by atoms with Crippen LogP contribution in [0.3, 0.4) is 0 Å². The fourth-order valence-electron chi connectivity index (χ4n) is 4.39. The van der Waals surface area contributed by atoms with Crippen LogP contribution < -0.4 is 4.74 Å². The molecule has 0 radical (unpaired) electrons. The molecular weight excluding hydrogens is 362 g/mol. The lowest BCUT2D eigenvalue weighted by molar-refractivity contribution is -0.135. The molecule has 152 valence electrons. The minimum atomic E-state index is -0.448. The van der Waals surface area contributed by atoms with Crippen LogP contribution >= 0.6 is 0 Å². The summed E-state index contributed by atoms with van der Waals surface area (Å²) in [6.45, 7) is 6.77. The molecule has 0 bridgehead atoms. The third-order valence-electron chi connectivity index (χ3n) is 6.09. The zero-order valence-electron chi connectivity index (χ0n) is 16.3. The van der Waals surface area contributed by atoms with Crippen molar-refractivity contribution in [1.29, 1.82) is 0 Å². The second-order valence-electron chi connectivity index (χ2n) is 7.67. The van der Waals surface area contributed by atoms with Gasteiger partial charge in [0.25, 0.3) is 5.91 Å². The lowest BCUT2D eigenvalue weighted by atomic mass is 9.85. The molecule has 1 atom stereocenters. The summed E-state index contributed by atoms with van der Waals surface area (Å²) in [6, 6.07) is 0. The van der Waals surface area contributed by atoms with Crippen molar-refractivity contribution >= 4 is 11.8 Å². The van der Waals surface area contributed by atoms with E-state index in [4.69, 9.17) is 9.47 Å². The lowest BCUT2D eigenvalue weighted by Gasteiger charge is -2.29. The first-order valence-electron chi connectivity index (χ1n) is 9.87. The smallest absolute Gasteiger partial charge is 0.278 e. The first kappa shape index (κ1) is 19.1. The zero-order chi connectivity index (χ0) is 19.6. The molecule has 0 aromatic carbocycles. The Balaban J connectivity index is 1.37. The topological polar surface area (TPSA) is 88.1 Å². The standard InChI is InChI=1S/C19H27N5O4/c1-27-16-15(20-4-5-21-16)17(25)24-7-3-19(14-24)2-6-23(18(19)26)9-8-22-10-12-28-13-11-22/h4-5H,2-3,6-14H2,1H3. The van der Waals surface area contributed by atoms with Gasteiger partial charge in [-0.2, -0.15) is 0 Å². The van der Waals surface area contributed by atoms with Crippen LogP contribution in [0.4, 0.5) is 0 Å². The van der Waals surface area contributed by atoms with Crippen LogP contribution in [0.25, 0.3) is 0 Å². The molecule has 4 rings (SSSR count). The Hall–Kier alpha value is -2.26. The third-order valence-corrected chi connectivity index (χ3v) is 6.09. The van der Waals surface area contributed by atoms with Crippen molar-refractivity contribution in [3.05, 3.63) is 18.1 Å². The molecule has 3 saturated heterocycles. The quantitative estimate of drug-likeness (QED) is 0.694. The highest BCUT2D eigenvalue weighted by Gasteiger charge is 2.51. The van der Waals surface area contributed by atoms with Crippen molar-refractivity contribution in [2.75, 3.05) is 66.1 Å². The molecule has 1 aromatic rings. The van der Waals surface area contributed by atoms with Gasteiger partial charge in [-0.1, -0.05) is 0 Å². The molecule has 9 nitrogen and oxygen atoms in total. The number of methoxy groups -OCH3 is 1. The summed E-state index contributed by atoms with van der Waals surface area (Å²) in [6.07, 6.45) is 4.48. The van der Waals surface area contributed by atoms with E-state index in [2.05, 4.69) is 14.9 Å². The summed E-state index contributed by atoms with van der Waals surface area (Å²) >= 11 is 0. The number of nitrogens with zero attached hydrogens (tertiary/aromatic N) is 5. The number of aromatic nitrogens is 2. The Morgan fingerprint density at radius 2 is 1.89 bits per heavy atom. The van der Waals surface area contributed by atoms with Crippen LogP contribution in [-0.4, -0.2) is 103 Å². The molecule has 28 heavy (non-hydrogen) atoms. The van der Waals surface area contributed by atoms with E-state index in [9.17, 15) is 9.59 Å². The van der Waals surface area contributed by atoms with Gasteiger partial charge in [0.05, 0.1) is 25.7 Å². The van der Waals surface area contributed by atoms with Crippen LogP contribution in [-0.2, 0) is 9.53 Å². The summed E-state index contributed by atoms with van der Waals surface area (Å²) in [4.78, 5) is 40.2. The Bertz CT molecular complexity index is 739. The van der Waals surface area contributed by atoms with E-state index in [1.807, 2.05) is 4.90 Å². The predicted octanol–water partition coefficient (Wildman–Crippen LogP) is -0.118. The first-order chi connectivity index (χ1) is 13.6. The fraction of sp³-hybridized carbons (Fsp3) is 0.684. The van der Waals surface area contributed by atoms with Crippen LogP contribution in [0.1, 0.15) is 23.3 Å². The van der Waals surface area contributed by atoms with Crippen molar-refractivity contribution in [3.63, 3.8) is 0 Å². The number of morpholine rings is 1. The van der Waals surface area contributed by atoms with Crippen molar-refractivity contribution in [1.82, 2.24) is 24.7 Å². The number of ether oxygens (including phenoxy) is 2. The molecule has 3 aliphatic heterocycles. The zero-order valence-corrected chi connectivity index (χ0v) is 16.3. The SMILES string of the molecule is COc1nccnc1C(=O)N1CCC2(CCN(CCN3CCOCC3)C2=O)C1. The van der Waals surface area contributed by atoms with E-state index in [0.717, 1.165) is 52.4 Å². The van der Waals surface area contributed by atoms with Gasteiger partial charge in [0, 0.05) is 58.2 Å². The molecule has 2 amide bonds. The molecular formula is C19H27N5O4. The van der Waals surface area contributed by atoms with E-state index in [-0.39, 0.29) is 23.4 Å². The first-order valence-corrected chi connectivity index (χ1v) is 9.87. The third kappa shape index (κ3) is 3.56. The largest absolute Gasteiger partial charge is 0.479 e.